The standard InChI is InChI=1S/C35H45N7O5/c1-20-9-12-25-24(17-37-40-25)28(20)29-27(44-6)16-23-30(26-18-36-13-15-42(26)34(43)47-35(2,3)4)38-33(45-19-21-8-7-14-41(21)5)39-31(23)32(29)46-22-10-11-22/h9,12,16-17,21-22,26,36H,7-8,10-11,13-15,18-19H2,1-6H3,(H,37,40)/t21-,26?/m0/s1. The summed E-state index contributed by atoms with van der Waals surface area (Å²) >= 11 is 0. The molecule has 1 aliphatic carbocycles. The molecule has 12 nitrogen and oxygen atoms in total. The minimum absolute atomic E-state index is 0.0671. The van der Waals surface area contributed by atoms with Crippen LogP contribution < -0.4 is 19.5 Å². The lowest BCUT2D eigenvalue weighted by atomic mass is 9.93. The van der Waals surface area contributed by atoms with E-state index in [1.54, 1.807) is 12.0 Å². The van der Waals surface area contributed by atoms with E-state index >= 15 is 0 Å². The highest BCUT2D eigenvalue weighted by Gasteiger charge is 2.36. The lowest BCUT2D eigenvalue weighted by molar-refractivity contribution is 0.0114. The zero-order chi connectivity index (χ0) is 32.9. The van der Waals surface area contributed by atoms with Crippen LogP contribution in [0.15, 0.2) is 24.4 Å². The van der Waals surface area contributed by atoms with Gasteiger partial charge in [0.05, 0.1) is 42.2 Å². The molecular formula is C35H45N7O5. The van der Waals surface area contributed by atoms with Crippen molar-refractivity contribution >= 4 is 27.9 Å². The molecule has 3 aliphatic rings. The summed E-state index contributed by atoms with van der Waals surface area (Å²) in [6.45, 7) is 10.8. The van der Waals surface area contributed by atoms with Gasteiger partial charge >= 0.3 is 12.1 Å². The number of amides is 1. The monoisotopic (exact) mass is 643 g/mol. The van der Waals surface area contributed by atoms with E-state index in [2.05, 4.69) is 40.5 Å². The number of likely N-dealkylation sites (tertiary alicyclic amines) is 1. The number of methoxy groups -OCH3 is 1. The molecule has 1 amide bonds. The van der Waals surface area contributed by atoms with Gasteiger partial charge in [0.15, 0.2) is 5.75 Å². The van der Waals surface area contributed by atoms with Crippen LogP contribution in [0.4, 0.5) is 4.79 Å². The minimum atomic E-state index is -0.642. The second-order valence-corrected chi connectivity index (χ2v) is 14.0. The molecule has 47 heavy (non-hydrogen) atoms. The molecule has 7 rings (SSSR count). The molecule has 2 atom stereocenters. The molecule has 2 aliphatic heterocycles. The fourth-order valence-corrected chi connectivity index (χ4v) is 6.70. The maximum atomic E-state index is 13.6. The van der Waals surface area contributed by atoms with Gasteiger partial charge in [-0.25, -0.2) is 4.79 Å². The van der Waals surface area contributed by atoms with Gasteiger partial charge in [-0.2, -0.15) is 15.1 Å². The Morgan fingerprint density at radius 1 is 1.09 bits per heavy atom. The number of likely N-dealkylation sites (N-methyl/N-ethyl adjacent to an activating group) is 1. The van der Waals surface area contributed by atoms with Crippen molar-refractivity contribution in [2.75, 3.05) is 46.9 Å². The first-order valence-corrected chi connectivity index (χ1v) is 16.7. The number of nitrogens with zero attached hydrogens (tertiary/aromatic N) is 5. The number of aromatic amines is 1. The molecule has 2 N–H and O–H groups in total. The topological polar surface area (TPSA) is 127 Å². The van der Waals surface area contributed by atoms with Crippen LogP contribution in [0, 0.1) is 6.92 Å². The molecule has 4 heterocycles. The van der Waals surface area contributed by atoms with Gasteiger partial charge < -0.3 is 29.2 Å². The first-order valence-electron chi connectivity index (χ1n) is 16.7. The number of piperazine rings is 1. The lowest BCUT2D eigenvalue weighted by Crippen LogP contribution is -2.50. The highest BCUT2D eigenvalue weighted by Crippen LogP contribution is 2.50. The number of hydrogen-bond donors (Lipinski definition) is 2. The molecule has 12 heteroatoms. The van der Waals surface area contributed by atoms with Crippen LogP contribution in [0.5, 0.6) is 17.5 Å². The van der Waals surface area contributed by atoms with Gasteiger partial charge in [-0.3, -0.25) is 10.00 Å². The summed E-state index contributed by atoms with van der Waals surface area (Å²) in [6, 6.07) is 6.19. The SMILES string of the molecule is COc1cc2c(C3CNCCN3C(=O)OC(C)(C)C)nc(OC[C@@H]3CCCN3C)nc2c(OC2CC2)c1-c1c(C)ccc2[nH]ncc12. The van der Waals surface area contributed by atoms with Crippen molar-refractivity contribution in [2.45, 2.75) is 77.2 Å². The van der Waals surface area contributed by atoms with Crippen LogP contribution in [0.2, 0.25) is 0 Å². The Balaban J connectivity index is 1.45. The van der Waals surface area contributed by atoms with Crippen molar-refractivity contribution in [1.29, 1.82) is 0 Å². The predicted molar refractivity (Wildman–Crippen MR) is 179 cm³/mol. The molecule has 2 aromatic carbocycles. The van der Waals surface area contributed by atoms with Crippen molar-refractivity contribution in [3.05, 3.63) is 35.7 Å². The summed E-state index contributed by atoms with van der Waals surface area (Å²) in [4.78, 5) is 27.8. The zero-order valence-electron chi connectivity index (χ0n) is 28.2. The third kappa shape index (κ3) is 6.28. The largest absolute Gasteiger partial charge is 0.496 e. The van der Waals surface area contributed by atoms with E-state index < -0.39 is 11.6 Å². The van der Waals surface area contributed by atoms with E-state index in [0.717, 1.165) is 65.2 Å². The molecule has 250 valence electrons. The first-order chi connectivity index (χ1) is 22.6. The average molecular weight is 644 g/mol. The van der Waals surface area contributed by atoms with Crippen LogP contribution in [0.1, 0.15) is 63.8 Å². The van der Waals surface area contributed by atoms with E-state index in [1.807, 2.05) is 39.1 Å². The number of fused-ring (bicyclic) bond motifs is 2. The Kier molecular flexibility index (Phi) is 8.33. The van der Waals surface area contributed by atoms with Crippen LogP contribution in [-0.2, 0) is 4.74 Å². The minimum Gasteiger partial charge on any atom is -0.496 e. The summed E-state index contributed by atoms with van der Waals surface area (Å²) in [5.74, 6) is 1.25. The number of ether oxygens (including phenoxy) is 4. The maximum absolute atomic E-state index is 13.6. The molecule has 3 fully saturated rings. The van der Waals surface area contributed by atoms with Crippen LogP contribution in [0.3, 0.4) is 0 Å². The molecule has 1 unspecified atom stereocenters. The lowest BCUT2D eigenvalue weighted by Gasteiger charge is -2.37. The molecular weight excluding hydrogens is 598 g/mol. The van der Waals surface area contributed by atoms with Gasteiger partial charge in [-0.05, 0) is 84.7 Å². The number of carbonyl (C=O) groups is 1. The summed E-state index contributed by atoms with van der Waals surface area (Å²) in [5.41, 5.74) is 4.40. The molecule has 2 saturated heterocycles. The van der Waals surface area contributed by atoms with Gasteiger partial charge in [-0.15, -0.1) is 0 Å². The Bertz CT molecular complexity index is 1800. The molecule has 0 spiro atoms. The van der Waals surface area contributed by atoms with Gasteiger partial charge in [0.2, 0.25) is 0 Å². The average Bonchev–Trinajstić information content (AvgIpc) is 3.56. The number of rotatable bonds is 8. The molecule has 2 aromatic heterocycles. The van der Waals surface area contributed by atoms with Crippen LogP contribution in [0.25, 0.3) is 32.9 Å². The van der Waals surface area contributed by atoms with Gasteiger partial charge in [0, 0.05) is 42.0 Å². The van der Waals surface area contributed by atoms with Gasteiger partial charge in [-0.1, -0.05) is 6.07 Å². The second-order valence-electron chi connectivity index (χ2n) is 14.0. The van der Waals surface area contributed by atoms with Gasteiger partial charge in [0.25, 0.3) is 0 Å². The molecule has 0 bridgehead atoms. The fourth-order valence-electron chi connectivity index (χ4n) is 6.70. The van der Waals surface area contributed by atoms with Crippen molar-refractivity contribution < 1.29 is 23.7 Å². The quantitative estimate of drug-likeness (QED) is 0.258. The van der Waals surface area contributed by atoms with E-state index in [-0.39, 0.29) is 24.2 Å². The number of aromatic nitrogens is 4. The number of hydrogen-bond acceptors (Lipinski definition) is 10. The van der Waals surface area contributed by atoms with Crippen molar-refractivity contribution in [3.63, 3.8) is 0 Å². The Labute approximate surface area is 275 Å². The van der Waals surface area contributed by atoms with Crippen LogP contribution in [-0.4, -0.2) is 101 Å². The van der Waals surface area contributed by atoms with E-state index in [4.69, 9.17) is 28.9 Å². The van der Waals surface area contributed by atoms with Crippen molar-refractivity contribution in [1.82, 2.24) is 35.3 Å². The van der Waals surface area contributed by atoms with E-state index in [0.29, 0.717) is 49.0 Å². The summed E-state index contributed by atoms with van der Waals surface area (Å²) in [6.07, 6.45) is 5.63. The van der Waals surface area contributed by atoms with Crippen LogP contribution >= 0.6 is 0 Å². The molecule has 4 aromatic rings. The normalized spacial score (nSPS) is 20.6. The number of H-pyrrole nitrogens is 1. The highest BCUT2D eigenvalue weighted by atomic mass is 16.6. The molecule has 1 saturated carbocycles. The highest BCUT2D eigenvalue weighted by molar-refractivity contribution is 6.05. The van der Waals surface area contributed by atoms with Crippen molar-refractivity contribution in [3.8, 4) is 28.6 Å². The first kappa shape index (κ1) is 31.4. The molecule has 0 radical (unpaired) electrons. The number of nitrogens with one attached hydrogen (secondary N) is 2. The van der Waals surface area contributed by atoms with E-state index in [1.165, 1.54) is 0 Å². The fraction of sp³-hybridized carbons (Fsp3) is 0.543. The Morgan fingerprint density at radius 3 is 2.64 bits per heavy atom. The summed E-state index contributed by atoms with van der Waals surface area (Å²) in [7, 11) is 3.79. The Morgan fingerprint density at radius 2 is 1.91 bits per heavy atom. The third-order valence-electron chi connectivity index (χ3n) is 9.29. The third-order valence-corrected chi connectivity index (χ3v) is 9.29. The predicted octanol–water partition coefficient (Wildman–Crippen LogP) is 5.39. The number of benzene rings is 2. The second kappa shape index (κ2) is 12.5. The van der Waals surface area contributed by atoms with Gasteiger partial charge in [0.1, 0.15) is 23.5 Å². The summed E-state index contributed by atoms with van der Waals surface area (Å²) in [5, 5.41) is 12.6. The maximum Gasteiger partial charge on any atom is 0.410 e. The smallest absolute Gasteiger partial charge is 0.410 e. The number of aryl methyl sites for hydroxylation is 1. The summed E-state index contributed by atoms with van der Waals surface area (Å²) < 4.78 is 25.2. The van der Waals surface area contributed by atoms with Crippen molar-refractivity contribution in [2.24, 2.45) is 0 Å². The van der Waals surface area contributed by atoms with E-state index in [9.17, 15) is 4.79 Å². The Hall–Kier alpha value is -4.16. The number of carbonyl (C=O) groups excluding carboxylic acids is 1. The zero-order valence-corrected chi connectivity index (χ0v) is 28.2.